The average molecular weight is 981 g/mol. The van der Waals surface area contributed by atoms with E-state index < -0.39 is 59.8 Å². The van der Waals surface area contributed by atoms with E-state index in [0.717, 1.165) is 24.3 Å². The molecule has 8 aromatic rings. The number of rotatable bonds is 17. The highest BCUT2D eigenvalue weighted by molar-refractivity contribution is 5.76. The van der Waals surface area contributed by atoms with Crippen LogP contribution in [0.15, 0.2) is 82.9 Å². The molecule has 0 saturated carbocycles. The molecule has 0 atom stereocenters. The number of aromatic nitrogens is 12. The van der Waals surface area contributed by atoms with Crippen molar-refractivity contribution in [2.24, 2.45) is 0 Å². The highest BCUT2D eigenvalue weighted by Crippen LogP contribution is 2.31. The van der Waals surface area contributed by atoms with Crippen LogP contribution in [0.4, 0.5) is 26.3 Å². The molecule has 0 amide bonds. The Morgan fingerprint density at radius 2 is 1.10 bits per heavy atom. The first-order valence-electron chi connectivity index (χ1n) is 21.4. The second-order valence-corrected chi connectivity index (χ2v) is 15.3. The van der Waals surface area contributed by atoms with Crippen LogP contribution in [0.5, 0.6) is 12.0 Å². The van der Waals surface area contributed by atoms with Gasteiger partial charge in [-0.15, -0.1) is 0 Å². The van der Waals surface area contributed by atoms with Gasteiger partial charge in [0.1, 0.15) is 11.6 Å². The molecule has 6 aromatic heterocycles. The number of ether oxygens (including phenoxy) is 3. The molecule has 2 aromatic carbocycles. The number of H-pyrrole nitrogens is 2. The topological polar surface area (TPSA) is 245 Å². The first-order valence-corrected chi connectivity index (χ1v) is 21.4. The number of fused-ring (bicyclic) bond motifs is 2. The molecule has 368 valence electrons. The summed E-state index contributed by atoms with van der Waals surface area (Å²) >= 11 is 0. The maximum absolute atomic E-state index is 13.1. The molecule has 0 aliphatic carbocycles. The van der Waals surface area contributed by atoms with Gasteiger partial charge in [-0.2, -0.15) is 46.5 Å². The van der Waals surface area contributed by atoms with Gasteiger partial charge in [-0.3, -0.25) is 28.1 Å². The number of aliphatic carboxylic acids is 1. The van der Waals surface area contributed by atoms with Crippen LogP contribution in [0.3, 0.4) is 0 Å². The number of aromatic amines is 2. The van der Waals surface area contributed by atoms with Crippen molar-refractivity contribution in [1.29, 1.82) is 0 Å². The fourth-order valence-corrected chi connectivity index (χ4v) is 6.93. The van der Waals surface area contributed by atoms with E-state index in [9.17, 15) is 45.5 Å². The molecule has 0 aliphatic rings. The number of nitrogens with zero attached hydrogens (tertiary/aromatic N) is 10. The van der Waals surface area contributed by atoms with Crippen LogP contribution >= 0.6 is 0 Å². The smallest absolute Gasteiger partial charge is 0.416 e. The normalized spacial score (nSPS) is 11.7. The quantitative estimate of drug-likeness (QED) is 0.0668. The van der Waals surface area contributed by atoms with Gasteiger partial charge in [0.25, 0.3) is 11.1 Å². The van der Waals surface area contributed by atoms with Crippen molar-refractivity contribution in [2.45, 2.75) is 72.1 Å². The van der Waals surface area contributed by atoms with Crippen LogP contribution in [-0.4, -0.2) is 95.5 Å². The van der Waals surface area contributed by atoms with Crippen LogP contribution in [0, 0.1) is 0 Å². The Bertz CT molecular complexity index is 3280. The number of esters is 1. The van der Waals surface area contributed by atoms with E-state index in [1.807, 2.05) is 13.8 Å². The van der Waals surface area contributed by atoms with Crippen LogP contribution in [0.2, 0.25) is 0 Å². The van der Waals surface area contributed by atoms with E-state index in [1.54, 1.807) is 31.5 Å². The van der Waals surface area contributed by atoms with Crippen molar-refractivity contribution < 1.29 is 55.2 Å². The van der Waals surface area contributed by atoms with Crippen molar-refractivity contribution in [3.8, 4) is 34.8 Å². The van der Waals surface area contributed by atoms with Crippen LogP contribution < -0.4 is 20.6 Å². The van der Waals surface area contributed by atoms with Gasteiger partial charge in [-0.05, 0) is 55.2 Å². The summed E-state index contributed by atoms with van der Waals surface area (Å²) in [5.41, 5.74) is -0.150. The Morgan fingerprint density at radius 1 is 0.657 bits per heavy atom. The molecule has 0 saturated heterocycles. The summed E-state index contributed by atoms with van der Waals surface area (Å²) < 4.78 is 98.7. The highest BCUT2D eigenvalue weighted by atomic mass is 19.4. The first-order chi connectivity index (χ1) is 33.3. The van der Waals surface area contributed by atoms with Crippen molar-refractivity contribution >= 4 is 34.3 Å². The Hall–Kier alpha value is -8.32. The number of carboxylic acids is 1. The Morgan fingerprint density at radius 3 is 1.50 bits per heavy atom. The molecule has 3 N–H and O–H groups in total. The molecule has 6 heterocycles. The Balaban J connectivity index is 0.000000207. The third-order valence-electron chi connectivity index (χ3n) is 10.0. The average Bonchev–Trinajstić information content (AvgIpc) is 4.15. The molecule has 20 nitrogen and oxygen atoms in total. The van der Waals surface area contributed by atoms with Gasteiger partial charge >= 0.3 is 36.3 Å². The van der Waals surface area contributed by atoms with E-state index in [-0.39, 0.29) is 66.4 Å². The van der Waals surface area contributed by atoms with E-state index in [2.05, 4.69) is 40.1 Å². The predicted octanol–water partition coefficient (Wildman–Crippen LogP) is 6.33. The number of carboxylic acid groups (broad SMARTS) is 1. The van der Waals surface area contributed by atoms with Crippen molar-refractivity contribution in [2.75, 3.05) is 19.8 Å². The van der Waals surface area contributed by atoms with Crippen LogP contribution in [0.25, 0.3) is 45.1 Å². The Labute approximate surface area is 390 Å². The lowest BCUT2D eigenvalue weighted by atomic mass is 10.1. The molecule has 0 aliphatic heterocycles. The lowest BCUT2D eigenvalue weighted by Gasteiger charge is -2.11. The minimum absolute atomic E-state index is 0.0402. The molecule has 8 rings (SSSR count). The number of imidazole rings is 2. The molecule has 0 bridgehead atoms. The summed E-state index contributed by atoms with van der Waals surface area (Å²) in [7, 11) is 0. The number of hydrogen-bond donors (Lipinski definition) is 3. The zero-order valence-electron chi connectivity index (χ0n) is 37.3. The van der Waals surface area contributed by atoms with Gasteiger partial charge in [0.2, 0.25) is 0 Å². The molecule has 0 fully saturated rings. The first kappa shape index (κ1) is 49.6. The SMILES string of the molecule is CCCn1c(OCC(=O)O)nc2nc(-c3cnn(Cc4cccc(C(F)(F)F)c4)c3)[nH]c2c1=O.CCCn1c(OCC(=O)OCC)nc2nc(-c3cnn(Cc4cccc(C(F)(F)F)c4)c3)[nH]c2c1=O. The third kappa shape index (κ3) is 11.7. The summed E-state index contributed by atoms with van der Waals surface area (Å²) in [6.45, 7) is 5.29. The van der Waals surface area contributed by atoms with E-state index in [4.69, 9.17) is 19.3 Å². The molecule has 0 radical (unpaired) electrons. The monoisotopic (exact) mass is 980 g/mol. The lowest BCUT2D eigenvalue weighted by molar-refractivity contribution is -0.145. The zero-order chi connectivity index (χ0) is 50.3. The summed E-state index contributed by atoms with van der Waals surface area (Å²) in [6, 6.07) is 9.75. The summed E-state index contributed by atoms with van der Waals surface area (Å²) in [5, 5.41) is 17.2. The Kier molecular flexibility index (Phi) is 14.8. The largest absolute Gasteiger partial charge is 0.479 e. The number of hydrogen-bond acceptors (Lipinski definition) is 13. The molecular formula is C44H42F6N12O8. The maximum Gasteiger partial charge on any atom is 0.416 e. The van der Waals surface area contributed by atoms with Gasteiger partial charge in [-0.25, -0.2) is 19.6 Å². The van der Waals surface area contributed by atoms with Crippen molar-refractivity contribution in [3.63, 3.8) is 0 Å². The molecular weight excluding hydrogens is 939 g/mol. The fraction of sp³-hybridized carbons (Fsp3) is 0.318. The van der Waals surface area contributed by atoms with E-state index in [0.29, 0.717) is 47.5 Å². The number of nitrogens with one attached hydrogen (secondary N) is 2. The molecule has 0 unspecified atom stereocenters. The maximum atomic E-state index is 13.1. The molecule has 70 heavy (non-hydrogen) atoms. The summed E-state index contributed by atoms with van der Waals surface area (Å²) in [6.07, 6.45) is -1.57. The fourth-order valence-electron chi connectivity index (χ4n) is 6.93. The van der Waals surface area contributed by atoms with E-state index >= 15 is 0 Å². The zero-order valence-corrected chi connectivity index (χ0v) is 37.3. The standard InChI is InChI=1S/C23H23F3N6O4.C21H19F3N6O4/c1-3-8-32-21(34)18-20(30-22(32)36-13-17(33)35-4-2)29-19(28-18)15-10-27-31(12-15)11-14-6-5-7-16(9-14)23(24,25)26;1-2-6-30-19(33)16-18(28-20(30)34-11-15(31)32)27-17(26-16)13-8-25-29(10-13)9-12-4-3-5-14(7-12)21(22,23)24/h5-7,9-10,12H,3-4,8,11,13H2,1-2H3,(H,28,29);3-5,7-8,10H,2,6,9,11H2,1H3,(H,26,27)(H,31,32). The van der Waals surface area contributed by atoms with Crippen LogP contribution in [0.1, 0.15) is 55.9 Å². The number of benzene rings is 2. The van der Waals surface area contributed by atoms with Gasteiger partial charge in [0.15, 0.2) is 35.5 Å². The highest BCUT2D eigenvalue weighted by Gasteiger charge is 2.31. The van der Waals surface area contributed by atoms with Crippen molar-refractivity contribution in [3.05, 3.63) is 116 Å². The lowest BCUT2D eigenvalue weighted by Crippen LogP contribution is -2.26. The second kappa shape index (κ2) is 20.9. The van der Waals surface area contributed by atoms with Gasteiger partial charge in [0, 0.05) is 25.5 Å². The third-order valence-corrected chi connectivity index (χ3v) is 10.0. The van der Waals surface area contributed by atoms with Gasteiger partial charge in [0.05, 0.1) is 54.3 Å². The molecule has 0 spiro atoms. The van der Waals surface area contributed by atoms with Gasteiger partial charge < -0.3 is 29.3 Å². The number of alkyl halides is 6. The number of carbonyl (C=O) groups excluding carboxylic acids is 1. The van der Waals surface area contributed by atoms with Crippen LogP contribution in [-0.2, 0) is 52.9 Å². The minimum atomic E-state index is -4.44. The number of halogens is 6. The number of carbonyl (C=O) groups is 2. The molecule has 26 heteroatoms. The van der Waals surface area contributed by atoms with Crippen molar-refractivity contribution in [1.82, 2.24) is 58.6 Å². The van der Waals surface area contributed by atoms with Gasteiger partial charge in [-0.1, -0.05) is 38.1 Å². The summed E-state index contributed by atoms with van der Waals surface area (Å²) in [5.74, 6) is -1.23. The summed E-state index contributed by atoms with van der Waals surface area (Å²) in [4.78, 5) is 71.4. The van der Waals surface area contributed by atoms with E-state index in [1.165, 1.54) is 43.0 Å². The predicted molar refractivity (Wildman–Crippen MR) is 236 cm³/mol. The minimum Gasteiger partial charge on any atom is -0.479 e. The second-order valence-electron chi connectivity index (χ2n) is 15.3.